The Bertz CT molecular complexity index is 1110. The van der Waals surface area contributed by atoms with Crippen LogP contribution >= 0.6 is 11.6 Å². The molecule has 0 atom stereocenters. The molecule has 1 N–H and O–H groups in total. The van der Waals surface area contributed by atoms with Gasteiger partial charge in [0.25, 0.3) is 5.69 Å². The number of carboxylic acid groups (broad SMARTS) is 1. The van der Waals surface area contributed by atoms with Crippen molar-refractivity contribution in [1.82, 2.24) is 4.57 Å². The molecule has 0 unspecified atom stereocenters. The van der Waals surface area contributed by atoms with Crippen LogP contribution in [0.4, 0.5) is 10.1 Å². The summed E-state index contributed by atoms with van der Waals surface area (Å²) < 4.78 is 14.8. The number of benzene rings is 2. The molecule has 0 spiro atoms. The quantitative estimate of drug-likeness (QED) is 0.568. The van der Waals surface area contributed by atoms with Gasteiger partial charge in [0.05, 0.1) is 15.8 Å². The molecule has 0 aliphatic heterocycles. The topological polar surface area (TPSA) is 102 Å². The maximum atomic E-state index is 13.5. The number of nitro groups is 1. The van der Waals surface area contributed by atoms with E-state index in [9.17, 15) is 29.2 Å². The molecular weight excluding hydrogens is 355 g/mol. The lowest BCUT2D eigenvalue weighted by molar-refractivity contribution is -0.384. The molecule has 0 radical (unpaired) electrons. The summed E-state index contributed by atoms with van der Waals surface area (Å²) in [4.78, 5) is 34.0. The molecular formula is C16H8ClFN2O5. The predicted octanol–water partition coefficient (Wildman–Crippen LogP) is 3.39. The van der Waals surface area contributed by atoms with Crippen LogP contribution in [-0.4, -0.2) is 20.6 Å². The van der Waals surface area contributed by atoms with Gasteiger partial charge in [0.1, 0.15) is 16.4 Å². The summed E-state index contributed by atoms with van der Waals surface area (Å²) in [6.45, 7) is 0. The van der Waals surface area contributed by atoms with Crippen molar-refractivity contribution in [3.63, 3.8) is 0 Å². The van der Waals surface area contributed by atoms with Gasteiger partial charge in [-0.05, 0) is 24.3 Å². The van der Waals surface area contributed by atoms with Crippen molar-refractivity contribution >= 4 is 34.2 Å². The van der Waals surface area contributed by atoms with Crippen molar-refractivity contribution in [2.45, 2.75) is 0 Å². The maximum Gasteiger partial charge on any atom is 0.341 e. The van der Waals surface area contributed by atoms with E-state index in [0.29, 0.717) is 0 Å². The molecule has 9 heteroatoms. The van der Waals surface area contributed by atoms with E-state index in [2.05, 4.69) is 0 Å². The number of halogens is 2. The van der Waals surface area contributed by atoms with Crippen LogP contribution in [-0.2, 0) is 0 Å². The fourth-order valence-electron chi connectivity index (χ4n) is 2.47. The summed E-state index contributed by atoms with van der Waals surface area (Å²) in [7, 11) is 0. The van der Waals surface area contributed by atoms with Crippen LogP contribution in [0.1, 0.15) is 10.4 Å². The van der Waals surface area contributed by atoms with E-state index >= 15 is 0 Å². The SMILES string of the molecule is O=C(O)c1cn(-c2cccc(F)c2)c2cc(Cl)c([N+](=O)[O-])cc2c1=O. The molecule has 3 aromatic rings. The third-order valence-electron chi connectivity index (χ3n) is 3.59. The second-order valence-electron chi connectivity index (χ2n) is 5.10. The lowest BCUT2D eigenvalue weighted by Gasteiger charge is -2.13. The Morgan fingerprint density at radius 2 is 2.00 bits per heavy atom. The van der Waals surface area contributed by atoms with Gasteiger partial charge in [-0.1, -0.05) is 17.7 Å². The largest absolute Gasteiger partial charge is 0.477 e. The van der Waals surface area contributed by atoms with E-state index in [-0.39, 0.29) is 21.6 Å². The van der Waals surface area contributed by atoms with Crippen molar-refractivity contribution in [2.24, 2.45) is 0 Å². The van der Waals surface area contributed by atoms with Crippen LogP contribution < -0.4 is 5.43 Å². The molecule has 0 saturated carbocycles. The molecule has 0 fully saturated rings. The summed E-state index contributed by atoms with van der Waals surface area (Å²) in [6.07, 6.45) is 1.03. The number of pyridine rings is 1. The zero-order chi connectivity index (χ0) is 18.3. The molecule has 0 amide bonds. The van der Waals surface area contributed by atoms with Gasteiger partial charge in [-0.2, -0.15) is 0 Å². The summed E-state index contributed by atoms with van der Waals surface area (Å²) >= 11 is 5.90. The smallest absolute Gasteiger partial charge is 0.341 e. The minimum atomic E-state index is -1.50. The third-order valence-corrected chi connectivity index (χ3v) is 3.89. The van der Waals surface area contributed by atoms with Gasteiger partial charge in [-0.15, -0.1) is 0 Å². The van der Waals surface area contributed by atoms with E-state index in [1.807, 2.05) is 0 Å². The van der Waals surface area contributed by atoms with Gasteiger partial charge >= 0.3 is 5.97 Å². The molecule has 3 rings (SSSR count). The van der Waals surface area contributed by atoms with Gasteiger partial charge < -0.3 is 9.67 Å². The number of fused-ring (bicyclic) bond motifs is 1. The molecule has 0 aliphatic rings. The van der Waals surface area contributed by atoms with Gasteiger partial charge in [-0.25, -0.2) is 9.18 Å². The molecule has 126 valence electrons. The van der Waals surface area contributed by atoms with Crippen molar-refractivity contribution in [3.05, 3.63) is 79.3 Å². The highest BCUT2D eigenvalue weighted by Gasteiger charge is 2.21. The van der Waals surface area contributed by atoms with Crippen LogP contribution in [0.2, 0.25) is 5.02 Å². The van der Waals surface area contributed by atoms with Crippen LogP contribution in [0.15, 0.2) is 47.4 Å². The molecule has 0 aliphatic carbocycles. The van der Waals surface area contributed by atoms with Crippen molar-refractivity contribution in [2.75, 3.05) is 0 Å². The maximum absolute atomic E-state index is 13.5. The average Bonchev–Trinajstić information content (AvgIpc) is 2.54. The normalized spacial score (nSPS) is 10.8. The van der Waals surface area contributed by atoms with Gasteiger partial charge in [-0.3, -0.25) is 14.9 Å². The summed E-state index contributed by atoms with van der Waals surface area (Å²) in [5.41, 5.74) is -1.67. The average molecular weight is 363 g/mol. The lowest BCUT2D eigenvalue weighted by atomic mass is 10.1. The summed E-state index contributed by atoms with van der Waals surface area (Å²) in [5.74, 6) is -2.08. The first kappa shape index (κ1) is 16.6. The number of aromatic carboxylic acids is 1. The molecule has 0 saturated heterocycles. The summed E-state index contributed by atoms with van der Waals surface area (Å²) in [6, 6.07) is 7.32. The Balaban J connectivity index is 2.50. The Kier molecular flexibility index (Phi) is 3.97. The number of carboxylic acids is 1. The van der Waals surface area contributed by atoms with Gasteiger partial charge in [0.2, 0.25) is 5.43 Å². The molecule has 25 heavy (non-hydrogen) atoms. The number of hydrogen-bond donors (Lipinski definition) is 1. The Labute approximate surface area is 143 Å². The number of rotatable bonds is 3. The van der Waals surface area contributed by atoms with Crippen LogP contribution in [0.25, 0.3) is 16.6 Å². The number of nitrogens with zero attached hydrogens (tertiary/aromatic N) is 2. The standard InChI is InChI=1S/C16H8ClFN2O5/c17-12-6-13-10(5-14(12)20(24)25)15(21)11(16(22)23)7-19(13)9-3-1-2-8(18)4-9/h1-7H,(H,22,23). The van der Waals surface area contributed by atoms with Crippen molar-refractivity contribution < 1.29 is 19.2 Å². The fourth-order valence-corrected chi connectivity index (χ4v) is 2.69. The fraction of sp³-hybridized carbons (Fsp3) is 0. The first-order valence-corrected chi connectivity index (χ1v) is 7.20. The third kappa shape index (κ3) is 2.83. The highest BCUT2D eigenvalue weighted by molar-refractivity contribution is 6.33. The Morgan fingerprint density at radius 3 is 2.60 bits per heavy atom. The molecule has 0 bridgehead atoms. The van der Waals surface area contributed by atoms with Crippen LogP contribution in [0.5, 0.6) is 0 Å². The minimum Gasteiger partial charge on any atom is -0.477 e. The predicted molar refractivity (Wildman–Crippen MR) is 88.1 cm³/mol. The highest BCUT2D eigenvalue weighted by atomic mass is 35.5. The van der Waals surface area contributed by atoms with Gasteiger partial charge in [0, 0.05) is 18.0 Å². The van der Waals surface area contributed by atoms with Crippen LogP contribution in [0, 0.1) is 15.9 Å². The first-order valence-electron chi connectivity index (χ1n) is 6.82. The molecule has 1 aromatic heterocycles. The number of nitro benzene ring substituents is 1. The van der Waals surface area contributed by atoms with E-state index < -0.39 is 33.4 Å². The number of aromatic nitrogens is 1. The second kappa shape index (κ2) is 5.99. The molecule has 2 aromatic carbocycles. The van der Waals surface area contributed by atoms with Crippen LogP contribution in [0.3, 0.4) is 0 Å². The summed E-state index contributed by atoms with van der Waals surface area (Å²) in [5, 5.41) is 19.8. The monoisotopic (exact) mass is 362 g/mol. The van der Waals surface area contributed by atoms with E-state index in [0.717, 1.165) is 18.3 Å². The van der Waals surface area contributed by atoms with E-state index in [4.69, 9.17) is 11.6 Å². The Hall–Kier alpha value is -3.26. The molecule has 1 heterocycles. The van der Waals surface area contributed by atoms with Gasteiger partial charge in [0.15, 0.2) is 0 Å². The van der Waals surface area contributed by atoms with Crippen molar-refractivity contribution in [1.29, 1.82) is 0 Å². The second-order valence-corrected chi connectivity index (χ2v) is 5.51. The highest BCUT2D eigenvalue weighted by Crippen LogP contribution is 2.30. The number of carbonyl (C=O) groups is 1. The van der Waals surface area contributed by atoms with E-state index in [1.54, 1.807) is 0 Å². The van der Waals surface area contributed by atoms with Crippen molar-refractivity contribution in [3.8, 4) is 5.69 Å². The minimum absolute atomic E-state index is 0.121. The number of hydrogen-bond acceptors (Lipinski definition) is 4. The van der Waals surface area contributed by atoms with E-state index in [1.165, 1.54) is 28.8 Å². The Morgan fingerprint density at radius 1 is 1.28 bits per heavy atom. The zero-order valence-corrected chi connectivity index (χ0v) is 13.0. The zero-order valence-electron chi connectivity index (χ0n) is 12.3. The first-order chi connectivity index (χ1) is 11.8. The lowest BCUT2D eigenvalue weighted by Crippen LogP contribution is -2.18. The molecule has 7 nitrogen and oxygen atoms in total.